The third-order valence-corrected chi connectivity index (χ3v) is 2.35. The van der Waals surface area contributed by atoms with Crippen molar-refractivity contribution in [2.24, 2.45) is 5.41 Å². The first-order chi connectivity index (χ1) is 8.70. The number of anilines is 1. The van der Waals surface area contributed by atoms with Gasteiger partial charge in [0, 0.05) is 6.07 Å². The van der Waals surface area contributed by atoms with Gasteiger partial charge in [-0.05, 0) is 5.41 Å². The number of aliphatic carboxylic acids is 1. The lowest BCUT2D eigenvalue weighted by Gasteiger charge is -2.27. The van der Waals surface area contributed by atoms with E-state index >= 15 is 0 Å². The number of rotatable bonds is 3. The van der Waals surface area contributed by atoms with Crippen LogP contribution in [0, 0.1) is 11.2 Å². The van der Waals surface area contributed by atoms with E-state index < -0.39 is 29.3 Å². The van der Waals surface area contributed by atoms with Crippen LogP contribution >= 0.6 is 0 Å². The van der Waals surface area contributed by atoms with E-state index in [0.29, 0.717) is 0 Å². The fourth-order valence-electron chi connectivity index (χ4n) is 1.43. The van der Waals surface area contributed by atoms with Crippen molar-refractivity contribution in [3.63, 3.8) is 0 Å². The second-order valence-electron chi connectivity index (χ2n) is 5.13. The fourth-order valence-corrected chi connectivity index (χ4v) is 1.43. The van der Waals surface area contributed by atoms with Crippen LogP contribution in [0.5, 0.6) is 0 Å². The van der Waals surface area contributed by atoms with Gasteiger partial charge in [-0.2, -0.15) is 0 Å². The van der Waals surface area contributed by atoms with E-state index in [9.17, 15) is 14.0 Å². The highest BCUT2D eigenvalue weighted by Gasteiger charge is 2.32. The lowest BCUT2D eigenvalue weighted by molar-refractivity contribution is -0.141. The smallest absolute Gasteiger partial charge is 0.326 e. The standard InChI is InChI=1S/C12H16FN3O3/c1-12(2,3)9(10(17)18)16-11(19)15-8-4-7(13)5-14-6-8/h4-6,9H,1-3H3,(H,17,18)(H2,15,16,19)/t9-/m0/s1. The zero-order chi connectivity index (χ0) is 14.6. The number of aromatic nitrogens is 1. The van der Waals surface area contributed by atoms with Gasteiger partial charge in [0.25, 0.3) is 0 Å². The van der Waals surface area contributed by atoms with Gasteiger partial charge in [-0.25, -0.2) is 14.0 Å². The van der Waals surface area contributed by atoms with Crippen LogP contribution in [-0.4, -0.2) is 28.1 Å². The molecule has 7 heteroatoms. The van der Waals surface area contributed by atoms with E-state index in [1.807, 2.05) is 0 Å². The number of nitrogens with zero attached hydrogens (tertiary/aromatic N) is 1. The molecule has 1 rings (SSSR count). The van der Waals surface area contributed by atoms with Crippen molar-refractivity contribution in [3.8, 4) is 0 Å². The number of urea groups is 1. The summed E-state index contributed by atoms with van der Waals surface area (Å²) in [6.45, 7) is 5.07. The molecule has 0 radical (unpaired) electrons. The van der Waals surface area contributed by atoms with Crippen molar-refractivity contribution in [2.75, 3.05) is 5.32 Å². The lowest BCUT2D eigenvalue weighted by Crippen LogP contribution is -2.50. The lowest BCUT2D eigenvalue weighted by atomic mass is 9.87. The number of carbonyl (C=O) groups excluding carboxylic acids is 1. The maximum atomic E-state index is 12.9. The molecule has 19 heavy (non-hydrogen) atoms. The predicted octanol–water partition coefficient (Wildman–Crippen LogP) is 1.84. The number of hydrogen-bond acceptors (Lipinski definition) is 3. The van der Waals surface area contributed by atoms with Crippen molar-refractivity contribution in [3.05, 3.63) is 24.3 Å². The SMILES string of the molecule is CC(C)(C)[C@@H](NC(=O)Nc1cncc(F)c1)C(=O)O. The van der Waals surface area contributed by atoms with Crippen molar-refractivity contribution >= 4 is 17.7 Å². The maximum Gasteiger partial charge on any atom is 0.326 e. The molecular weight excluding hydrogens is 253 g/mol. The Bertz CT molecular complexity index is 485. The van der Waals surface area contributed by atoms with Gasteiger partial charge in [0.2, 0.25) is 0 Å². The van der Waals surface area contributed by atoms with Crippen molar-refractivity contribution in [1.29, 1.82) is 0 Å². The minimum atomic E-state index is -1.14. The first-order valence-electron chi connectivity index (χ1n) is 5.61. The van der Waals surface area contributed by atoms with Gasteiger partial charge in [0.15, 0.2) is 0 Å². The quantitative estimate of drug-likeness (QED) is 0.780. The molecule has 0 aliphatic rings. The molecule has 0 spiro atoms. The highest BCUT2D eigenvalue weighted by molar-refractivity contribution is 5.92. The molecule has 0 saturated heterocycles. The third kappa shape index (κ3) is 4.53. The minimum Gasteiger partial charge on any atom is -0.480 e. The molecule has 0 unspecified atom stereocenters. The van der Waals surface area contributed by atoms with Crippen LogP contribution in [-0.2, 0) is 4.79 Å². The molecule has 1 atom stereocenters. The normalized spacial score (nSPS) is 12.6. The molecule has 0 fully saturated rings. The van der Waals surface area contributed by atoms with Gasteiger partial charge in [-0.15, -0.1) is 0 Å². The topological polar surface area (TPSA) is 91.3 Å². The number of amides is 2. The fraction of sp³-hybridized carbons (Fsp3) is 0.417. The Balaban J connectivity index is 2.71. The second kappa shape index (κ2) is 5.64. The molecule has 0 bridgehead atoms. The average molecular weight is 269 g/mol. The van der Waals surface area contributed by atoms with Crippen molar-refractivity contribution < 1.29 is 19.1 Å². The Morgan fingerprint density at radius 3 is 2.47 bits per heavy atom. The average Bonchev–Trinajstić information content (AvgIpc) is 2.24. The first-order valence-corrected chi connectivity index (χ1v) is 5.61. The summed E-state index contributed by atoms with van der Waals surface area (Å²) in [5, 5.41) is 13.7. The van der Waals surface area contributed by atoms with E-state index in [-0.39, 0.29) is 5.69 Å². The van der Waals surface area contributed by atoms with Gasteiger partial charge >= 0.3 is 12.0 Å². The summed E-state index contributed by atoms with van der Waals surface area (Å²) in [5.74, 6) is -1.73. The Morgan fingerprint density at radius 2 is 2.00 bits per heavy atom. The summed E-state index contributed by atoms with van der Waals surface area (Å²) in [5.41, 5.74) is -0.501. The molecule has 0 aliphatic heterocycles. The number of pyridine rings is 1. The zero-order valence-corrected chi connectivity index (χ0v) is 10.9. The second-order valence-corrected chi connectivity index (χ2v) is 5.13. The Hall–Kier alpha value is -2.18. The summed E-state index contributed by atoms with van der Waals surface area (Å²) in [4.78, 5) is 26.3. The summed E-state index contributed by atoms with van der Waals surface area (Å²) in [6.07, 6.45) is 2.26. The molecule has 3 N–H and O–H groups in total. The number of hydrogen-bond donors (Lipinski definition) is 3. The zero-order valence-electron chi connectivity index (χ0n) is 10.9. The summed E-state index contributed by atoms with van der Waals surface area (Å²) < 4.78 is 12.9. The van der Waals surface area contributed by atoms with Crippen LogP contribution in [0.15, 0.2) is 18.5 Å². The van der Waals surface area contributed by atoms with Gasteiger partial charge < -0.3 is 15.7 Å². The maximum absolute atomic E-state index is 12.9. The molecular formula is C12H16FN3O3. The van der Waals surface area contributed by atoms with E-state index in [1.54, 1.807) is 20.8 Å². The molecule has 2 amide bonds. The van der Waals surface area contributed by atoms with E-state index in [2.05, 4.69) is 15.6 Å². The Morgan fingerprint density at radius 1 is 1.37 bits per heavy atom. The molecule has 6 nitrogen and oxygen atoms in total. The highest BCUT2D eigenvalue weighted by Crippen LogP contribution is 2.19. The number of carboxylic acids is 1. The minimum absolute atomic E-state index is 0.149. The highest BCUT2D eigenvalue weighted by atomic mass is 19.1. The van der Waals surface area contributed by atoms with Crippen LogP contribution in [0.1, 0.15) is 20.8 Å². The number of nitrogens with one attached hydrogen (secondary N) is 2. The van der Waals surface area contributed by atoms with Gasteiger partial charge in [-0.3, -0.25) is 4.98 Å². The summed E-state index contributed by atoms with van der Waals surface area (Å²) >= 11 is 0. The van der Waals surface area contributed by atoms with E-state index in [1.165, 1.54) is 6.20 Å². The molecule has 0 aliphatic carbocycles. The molecule has 1 aromatic rings. The van der Waals surface area contributed by atoms with Crippen LogP contribution in [0.2, 0.25) is 0 Å². The van der Waals surface area contributed by atoms with Gasteiger partial charge in [0.05, 0.1) is 18.1 Å². The molecule has 1 heterocycles. The van der Waals surface area contributed by atoms with Crippen LogP contribution in [0.3, 0.4) is 0 Å². The molecule has 104 valence electrons. The molecule has 0 aromatic carbocycles. The van der Waals surface area contributed by atoms with Crippen LogP contribution in [0.25, 0.3) is 0 Å². The van der Waals surface area contributed by atoms with Gasteiger partial charge in [-0.1, -0.05) is 20.8 Å². The van der Waals surface area contributed by atoms with Crippen molar-refractivity contribution in [1.82, 2.24) is 10.3 Å². The van der Waals surface area contributed by atoms with Gasteiger partial charge in [0.1, 0.15) is 11.9 Å². The predicted molar refractivity (Wildman–Crippen MR) is 67.2 cm³/mol. The summed E-state index contributed by atoms with van der Waals surface area (Å²) in [6, 6.07) is -0.705. The Kier molecular flexibility index (Phi) is 4.42. The van der Waals surface area contributed by atoms with Crippen molar-refractivity contribution in [2.45, 2.75) is 26.8 Å². The molecule has 1 aromatic heterocycles. The van der Waals surface area contributed by atoms with E-state index in [4.69, 9.17) is 5.11 Å². The third-order valence-electron chi connectivity index (χ3n) is 2.35. The van der Waals surface area contributed by atoms with Crippen LogP contribution < -0.4 is 10.6 Å². The van der Waals surface area contributed by atoms with E-state index in [0.717, 1.165) is 12.3 Å². The number of halogens is 1. The van der Waals surface area contributed by atoms with Crippen LogP contribution in [0.4, 0.5) is 14.9 Å². The number of carbonyl (C=O) groups is 2. The number of carboxylic acid groups (broad SMARTS) is 1. The molecule has 0 saturated carbocycles. The first kappa shape index (κ1) is 14.9. The summed E-state index contributed by atoms with van der Waals surface area (Å²) in [7, 11) is 0. The largest absolute Gasteiger partial charge is 0.480 e. The monoisotopic (exact) mass is 269 g/mol. The Labute approximate surface area is 110 Å².